The predicted molar refractivity (Wildman–Crippen MR) is 72.9 cm³/mol. The molecule has 0 saturated carbocycles. The van der Waals surface area contributed by atoms with Gasteiger partial charge in [0, 0.05) is 11.8 Å². The topological polar surface area (TPSA) is 26.3 Å². The normalized spacial score (nSPS) is 23.4. The zero-order chi connectivity index (χ0) is 13.1. The highest BCUT2D eigenvalue weighted by molar-refractivity contribution is 5.80. The minimum absolute atomic E-state index is 0.0880. The van der Waals surface area contributed by atoms with Gasteiger partial charge in [-0.1, -0.05) is 29.8 Å². The monoisotopic (exact) mass is 244 g/mol. The van der Waals surface area contributed by atoms with Gasteiger partial charge in [-0.25, -0.2) is 0 Å². The summed E-state index contributed by atoms with van der Waals surface area (Å²) in [5.74, 6) is 1.51. The van der Waals surface area contributed by atoms with E-state index in [1.165, 1.54) is 5.57 Å². The van der Waals surface area contributed by atoms with Crippen molar-refractivity contribution >= 4 is 5.78 Å². The van der Waals surface area contributed by atoms with Crippen molar-refractivity contribution in [2.45, 2.75) is 32.6 Å². The SMILES string of the molecule is COc1ccccc1[C@@H]1CC(C)=CC[C@H]1C(C)=O. The Morgan fingerprint density at radius 2 is 2.06 bits per heavy atom. The van der Waals surface area contributed by atoms with Crippen molar-refractivity contribution in [2.75, 3.05) is 7.11 Å². The lowest BCUT2D eigenvalue weighted by atomic mass is 9.74. The van der Waals surface area contributed by atoms with Gasteiger partial charge in [0.05, 0.1) is 7.11 Å². The first-order valence-electron chi connectivity index (χ1n) is 6.42. The quantitative estimate of drug-likeness (QED) is 0.757. The number of rotatable bonds is 3. The molecule has 0 radical (unpaired) electrons. The Morgan fingerprint density at radius 3 is 2.72 bits per heavy atom. The van der Waals surface area contributed by atoms with E-state index in [-0.39, 0.29) is 17.6 Å². The Balaban J connectivity index is 2.40. The Morgan fingerprint density at radius 1 is 1.33 bits per heavy atom. The molecule has 1 aliphatic rings. The molecule has 2 heteroatoms. The van der Waals surface area contributed by atoms with Gasteiger partial charge in [0.1, 0.15) is 11.5 Å². The molecule has 0 spiro atoms. The number of methoxy groups -OCH3 is 1. The second kappa shape index (κ2) is 5.38. The van der Waals surface area contributed by atoms with Crippen LogP contribution in [0.5, 0.6) is 5.75 Å². The third-order valence-electron chi connectivity index (χ3n) is 3.81. The number of hydrogen-bond acceptors (Lipinski definition) is 2. The highest BCUT2D eigenvalue weighted by Crippen LogP contribution is 2.41. The molecule has 18 heavy (non-hydrogen) atoms. The average Bonchev–Trinajstić information content (AvgIpc) is 2.38. The van der Waals surface area contributed by atoms with Crippen molar-refractivity contribution in [3.8, 4) is 5.75 Å². The maximum Gasteiger partial charge on any atom is 0.133 e. The van der Waals surface area contributed by atoms with Crippen LogP contribution in [0, 0.1) is 5.92 Å². The number of Topliss-reactive ketones (excluding diaryl/α,β-unsaturated/α-hetero) is 1. The molecule has 2 nitrogen and oxygen atoms in total. The second-order valence-corrected chi connectivity index (χ2v) is 5.06. The van der Waals surface area contributed by atoms with E-state index >= 15 is 0 Å². The molecule has 0 N–H and O–H groups in total. The van der Waals surface area contributed by atoms with Crippen molar-refractivity contribution in [3.63, 3.8) is 0 Å². The van der Waals surface area contributed by atoms with Gasteiger partial charge in [0.15, 0.2) is 0 Å². The van der Waals surface area contributed by atoms with Gasteiger partial charge in [0.2, 0.25) is 0 Å². The molecule has 96 valence electrons. The minimum atomic E-state index is 0.0880. The zero-order valence-electron chi connectivity index (χ0n) is 11.3. The molecule has 1 aromatic carbocycles. The number of ether oxygens (including phenoxy) is 1. The summed E-state index contributed by atoms with van der Waals surface area (Å²) in [4.78, 5) is 11.8. The van der Waals surface area contributed by atoms with Crippen molar-refractivity contribution in [1.29, 1.82) is 0 Å². The summed E-state index contributed by atoms with van der Waals surface area (Å²) in [6.07, 6.45) is 3.99. The van der Waals surface area contributed by atoms with Crippen LogP contribution >= 0.6 is 0 Å². The molecule has 0 unspecified atom stereocenters. The molecular formula is C16H20O2. The number of para-hydroxylation sites is 1. The first-order valence-corrected chi connectivity index (χ1v) is 6.42. The van der Waals surface area contributed by atoms with Crippen LogP contribution < -0.4 is 4.74 Å². The van der Waals surface area contributed by atoms with Crippen LogP contribution in [-0.4, -0.2) is 12.9 Å². The Hall–Kier alpha value is -1.57. The molecule has 2 atom stereocenters. The van der Waals surface area contributed by atoms with E-state index in [1.807, 2.05) is 18.2 Å². The van der Waals surface area contributed by atoms with E-state index in [2.05, 4.69) is 19.1 Å². The molecule has 0 amide bonds. The summed E-state index contributed by atoms with van der Waals surface area (Å²) in [6, 6.07) is 8.04. The van der Waals surface area contributed by atoms with Crippen LogP contribution in [0.3, 0.4) is 0 Å². The lowest BCUT2D eigenvalue weighted by Gasteiger charge is -2.30. The zero-order valence-corrected chi connectivity index (χ0v) is 11.3. The summed E-state index contributed by atoms with van der Waals surface area (Å²) in [5.41, 5.74) is 2.52. The van der Waals surface area contributed by atoms with Crippen LogP contribution in [0.2, 0.25) is 0 Å². The summed E-state index contributed by atoms with van der Waals surface area (Å²) >= 11 is 0. The molecule has 2 rings (SSSR count). The summed E-state index contributed by atoms with van der Waals surface area (Å²) in [6.45, 7) is 3.83. The maximum atomic E-state index is 11.8. The molecule has 0 fully saturated rings. The smallest absolute Gasteiger partial charge is 0.133 e. The van der Waals surface area contributed by atoms with E-state index in [9.17, 15) is 4.79 Å². The van der Waals surface area contributed by atoms with Crippen molar-refractivity contribution in [2.24, 2.45) is 5.92 Å². The number of carbonyl (C=O) groups excluding carboxylic acids is 1. The van der Waals surface area contributed by atoms with Gasteiger partial charge < -0.3 is 4.74 Å². The van der Waals surface area contributed by atoms with Gasteiger partial charge in [0.25, 0.3) is 0 Å². The van der Waals surface area contributed by atoms with E-state index in [0.29, 0.717) is 0 Å². The first-order chi connectivity index (χ1) is 8.63. The fourth-order valence-electron chi connectivity index (χ4n) is 2.81. The van der Waals surface area contributed by atoms with Gasteiger partial charge in [-0.05, 0) is 38.3 Å². The number of hydrogen-bond donors (Lipinski definition) is 0. The van der Waals surface area contributed by atoms with E-state index in [1.54, 1.807) is 14.0 Å². The van der Waals surface area contributed by atoms with Crippen LogP contribution in [0.4, 0.5) is 0 Å². The minimum Gasteiger partial charge on any atom is -0.496 e. The molecule has 0 saturated heterocycles. The summed E-state index contributed by atoms with van der Waals surface area (Å²) in [5, 5.41) is 0. The van der Waals surface area contributed by atoms with E-state index in [4.69, 9.17) is 4.74 Å². The summed E-state index contributed by atoms with van der Waals surface area (Å²) in [7, 11) is 1.69. The van der Waals surface area contributed by atoms with Gasteiger partial charge >= 0.3 is 0 Å². The van der Waals surface area contributed by atoms with E-state index in [0.717, 1.165) is 24.2 Å². The lowest BCUT2D eigenvalue weighted by Crippen LogP contribution is -2.23. The molecule has 1 aliphatic carbocycles. The van der Waals surface area contributed by atoms with Crippen molar-refractivity contribution in [1.82, 2.24) is 0 Å². The molecule has 0 aromatic heterocycles. The van der Waals surface area contributed by atoms with Crippen molar-refractivity contribution in [3.05, 3.63) is 41.5 Å². The summed E-state index contributed by atoms with van der Waals surface area (Å²) < 4.78 is 5.43. The van der Waals surface area contributed by atoms with Crippen molar-refractivity contribution < 1.29 is 9.53 Å². The third-order valence-corrected chi connectivity index (χ3v) is 3.81. The van der Waals surface area contributed by atoms with E-state index < -0.39 is 0 Å². The molecule has 1 aromatic rings. The third kappa shape index (κ3) is 2.47. The molecule has 0 bridgehead atoms. The standard InChI is InChI=1S/C16H20O2/c1-11-8-9-13(12(2)17)15(10-11)14-6-4-5-7-16(14)18-3/h4-8,13,15H,9-10H2,1-3H3/t13-,15+/m0/s1. The number of carbonyl (C=O) groups is 1. The fraction of sp³-hybridized carbons (Fsp3) is 0.438. The maximum absolute atomic E-state index is 11.8. The van der Waals surface area contributed by atoms with Crippen LogP contribution in [0.15, 0.2) is 35.9 Å². The van der Waals surface area contributed by atoms with Gasteiger partial charge in [-0.2, -0.15) is 0 Å². The van der Waals surface area contributed by atoms with Crippen LogP contribution in [0.25, 0.3) is 0 Å². The molecule has 0 aliphatic heterocycles. The number of ketones is 1. The lowest BCUT2D eigenvalue weighted by molar-refractivity contribution is -0.121. The molecule has 0 heterocycles. The average molecular weight is 244 g/mol. The van der Waals surface area contributed by atoms with Crippen LogP contribution in [-0.2, 0) is 4.79 Å². The Labute approximate surface area is 109 Å². The molecular weight excluding hydrogens is 224 g/mol. The van der Waals surface area contributed by atoms with Crippen LogP contribution in [0.1, 0.15) is 38.2 Å². The fourth-order valence-corrected chi connectivity index (χ4v) is 2.81. The second-order valence-electron chi connectivity index (χ2n) is 5.06. The number of allylic oxidation sites excluding steroid dienone is 2. The Kier molecular flexibility index (Phi) is 3.85. The van der Waals surface area contributed by atoms with Gasteiger partial charge in [-0.3, -0.25) is 4.79 Å². The Bertz CT molecular complexity index is 474. The van der Waals surface area contributed by atoms with Gasteiger partial charge in [-0.15, -0.1) is 0 Å². The first kappa shape index (κ1) is 12.9. The predicted octanol–water partition coefficient (Wildman–Crippen LogP) is 3.72. The number of benzene rings is 1. The highest BCUT2D eigenvalue weighted by Gasteiger charge is 2.30. The highest BCUT2D eigenvalue weighted by atomic mass is 16.5. The largest absolute Gasteiger partial charge is 0.496 e.